The van der Waals surface area contributed by atoms with Crippen molar-refractivity contribution in [3.63, 3.8) is 0 Å². The number of nitrogens with two attached hydrogens (primary N) is 1. The molecule has 1 saturated heterocycles. The lowest BCUT2D eigenvalue weighted by atomic mass is 10.0. The Morgan fingerprint density at radius 1 is 1.19 bits per heavy atom. The summed E-state index contributed by atoms with van der Waals surface area (Å²) in [6.07, 6.45) is 4.46. The third-order valence-corrected chi connectivity index (χ3v) is 3.73. The summed E-state index contributed by atoms with van der Waals surface area (Å²) in [6, 6.07) is 5.05. The fourth-order valence-corrected chi connectivity index (χ4v) is 2.55. The number of nitrogens with zero attached hydrogens (tertiary/aromatic N) is 1. The number of halogens is 1. The average molecular weight is 220 g/mol. The zero-order valence-corrected chi connectivity index (χ0v) is 9.38. The van der Waals surface area contributed by atoms with Crippen molar-refractivity contribution < 1.29 is 4.39 Å². The summed E-state index contributed by atoms with van der Waals surface area (Å²) in [4.78, 5) is 2.27. The van der Waals surface area contributed by atoms with E-state index in [-0.39, 0.29) is 11.4 Å². The van der Waals surface area contributed by atoms with E-state index in [9.17, 15) is 4.39 Å². The van der Waals surface area contributed by atoms with Crippen molar-refractivity contribution in [2.75, 3.05) is 18.0 Å². The van der Waals surface area contributed by atoms with Crippen molar-refractivity contribution in [1.29, 1.82) is 0 Å². The van der Waals surface area contributed by atoms with Crippen molar-refractivity contribution >= 4 is 5.69 Å². The van der Waals surface area contributed by atoms with Gasteiger partial charge in [-0.25, -0.2) is 4.39 Å². The highest BCUT2D eigenvalue weighted by molar-refractivity contribution is 5.58. The summed E-state index contributed by atoms with van der Waals surface area (Å²) in [7, 11) is 0. The van der Waals surface area contributed by atoms with Crippen LogP contribution >= 0.6 is 0 Å². The zero-order chi connectivity index (χ0) is 11.2. The highest BCUT2D eigenvalue weighted by atomic mass is 19.1. The molecule has 0 unspecified atom stereocenters. The van der Waals surface area contributed by atoms with E-state index >= 15 is 0 Å². The topological polar surface area (TPSA) is 29.3 Å². The van der Waals surface area contributed by atoms with E-state index in [2.05, 4.69) is 4.90 Å². The number of benzene rings is 1. The standard InChI is InChI=1S/C13H17FN2/c14-10-3-4-11(13(15)5-6-13)12(9-10)16-7-1-2-8-16/h3-4,9H,1-2,5-8,15H2. The van der Waals surface area contributed by atoms with Gasteiger partial charge in [0.1, 0.15) is 5.82 Å². The maximum atomic E-state index is 13.3. The van der Waals surface area contributed by atoms with Crippen molar-refractivity contribution in [3.05, 3.63) is 29.6 Å². The molecule has 0 spiro atoms. The molecule has 0 bridgehead atoms. The molecule has 1 aliphatic carbocycles. The summed E-state index contributed by atoms with van der Waals surface area (Å²) in [6.45, 7) is 2.07. The van der Waals surface area contributed by atoms with E-state index in [0.29, 0.717) is 0 Å². The molecule has 1 saturated carbocycles. The Kier molecular flexibility index (Phi) is 2.18. The highest BCUT2D eigenvalue weighted by Crippen LogP contribution is 2.47. The van der Waals surface area contributed by atoms with Crippen LogP contribution in [0.25, 0.3) is 0 Å². The summed E-state index contributed by atoms with van der Waals surface area (Å²) in [5.74, 6) is -0.158. The van der Waals surface area contributed by atoms with Crippen LogP contribution in [0.1, 0.15) is 31.2 Å². The second-order valence-electron chi connectivity index (χ2n) is 5.01. The predicted molar refractivity (Wildman–Crippen MR) is 62.9 cm³/mol. The lowest BCUT2D eigenvalue weighted by molar-refractivity contribution is 0.623. The van der Waals surface area contributed by atoms with Crippen LogP contribution in [0.4, 0.5) is 10.1 Å². The molecule has 1 aromatic rings. The number of hydrogen-bond donors (Lipinski definition) is 1. The van der Waals surface area contributed by atoms with Gasteiger partial charge in [-0.05, 0) is 43.4 Å². The molecular weight excluding hydrogens is 203 g/mol. The van der Waals surface area contributed by atoms with Gasteiger partial charge >= 0.3 is 0 Å². The molecule has 86 valence electrons. The van der Waals surface area contributed by atoms with Gasteiger partial charge < -0.3 is 10.6 Å². The van der Waals surface area contributed by atoms with E-state index in [4.69, 9.17) is 5.73 Å². The van der Waals surface area contributed by atoms with Crippen LogP contribution < -0.4 is 10.6 Å². The maximum absolute atomic E-state index is 13.3. The molecule has 3 rings (SSSR count). The first kappa shape index (κ1) is 10.1. The summed E-state index contributed by atoms with van der Waals surface area (Å²) in [5.41, 5.74) is 8.22. The molecule has 1 aliphatic heterocycles. The van der Waals surface area contributed by atoms with Crippen molar-refractivity contribution in [2.24, 2.45) is 5.73 Å². The number of hydrogen-bond acceptors (Lipinski definition) is 2. The van der Waals surface area contributed by atoms with E-state index in [0.717, 1.165) is 37.2 Å². The molecule has 0 atom stereocenters. The van der Waals surface area contributed by atoms with Gasteiger partial charge in [0.05, 0.1) is 0 Å². The minimum absolute atomic E-state index is 0.158. The molecule has 0 radical (unpaired) electrons. The van der Waals surface area contributed by atoms with Gasteiger partial charge in [-0.2, -0.15) is 0 Å². The van der Waals surface area contributed by atoms with Crippen LogP contribution in [-0.4, -0.2) is 13.1 Å². The molecule has 2 nitrogen and oxygen atoms in total. The van der Waals surface area contributed by atoms with E-state index < -0.39 is 0 Å². The number of rotatable bonds is 2. The van der Waals surface area contributed by atoms with E-state index in [1.807, 2.05) is 6.07 Å². The van der Waals surface area contributed by atoms with Crippen molar-refractivity contribution in [2.45, 2.75) is 31.2 Å². The summed E-state index contributed by atoms with van der Waals surface area (Å²) >= 11 is 0. The first-order valence-corrected chi connectivity index (χ1v) is 6.03. The first-order valence-electron chi connectivity index (χ1n) is 6.03. The molecular formula is C13H17FN2. The highest BCUT2D eigenvalue weighted by Gasteiger charge is 2.42. The Morgan fingerprint density at radius 2 is 1.88 bits per heavy atom. The van der Waals surface area contributed by atoms with Crippen molar-refractivity contribution in [1.82, 2.24) is 0 Å². The molecule has 1 aromatic carbocycles. The minimum Gasteiger partial charge on any atom is -0.371 e. The van der Waals surface area contributed by atoms with Gasteiger partial charge in [-0.3, -0.25) is 0 Å². The molecule has 2 aliphatic rings. The molecule has 1 heterocycles. The van der Waals surface area contributed by atoms with Gasteiger partial charge in [-0.15, -0.1) is 0 Å². The van der Waals surface area contributed by atoms with Gasteiger partial charge in [-0.1, -0.05) is 6.07 Å². The molecule has 0 aromatic heterocycles. The zero-order valence-electron chi connectivity index (χ0n) is 9.38. The van der Waals surface area contributed by atoms with E-state index in [1.54, 1.807) is 6.07 Å². The molecule has 2 fully saturated rings. The normalized spacial score (nSPS) is 22.5. The van der Waals surface area contributed by atoms with Crippen molar-refractivity contribution in [3.8, 4) is 0 Å². The maximum Gasteiger partial charge on any atom is 0.125 e. The third kappa shape index (κ3) is 1.59. The SMILES string of the molecule is NC1(c2ccc(F)cc2N2CCCC2)CC1. The van der Waals surface area contributed by atoms with Gasteiger partial charge in [0.15, 0.2) is 0 Å². The Morgan fingerprint density at radius 3 is 2.50 bits per heavy atom. The minimum atomic E-state index is -0.175. The molecule has 16 heavy (non-hydrogen) atoms. The van der Waals surface area contributed by atoms with Crippen LogP contribution in [0.2, 0.25) is 0 Å². The average Bonchev–Trinajstić information content (AvgIpc) is 2.83. The molecule has 3 heteroatoms. The van der Waals surface area contributed by atoms with Crippen LogP contribution in [0.3, 0.4) is 0 Å². The van der Waals surface area contributed by atoms with Crippen LogP contribution in [0, 0.1) is 5.82 Å². The van der Waals surface area contributed by atoms with Crippen LogP contribution in [-0.2, 0) is 5.54 Å². The third-order valence-electron chi connectivity index (χ3n) is 3.73. The monoisotopic (exact) mass is 220 g/mol. The summed E-state index contributed by atoms with van der Waals surface area (Å²) in [5, 5.41) is 0. The summed E-state index contributed by atoms with van der Waals surface area (Å²) < 4.78 is 13.3. The number of anilines is 1. The smallest absolute Gasteiger partial charge is 0.125 e. The Balaban J connectivity index is 2.02. The second kappa shape index (κ2) is 3.45. The van der Waals surface area contributed by atoms with E-state index in [1.165, 1.54) is 18.9 Å². The van der Waals surface area contributed by atoms with Gasteiger partial charge in [0.25, 0.3) is 0 Å². The largest absolute Gasteiger partial charge is 0.371 e. The Labute approximate surface area is 95.2 Å². The van der Waals surface area contributed by atoms with Gasteiger partial charge in [0, 0.05) is 24.3 Å². The molecule has 0 amide bonds. The Bertz CT molecular complexity index is 406. The molecule has 2 N–H and O–H groups in total. The second-order valence-corrected chi connectivity index (χ2v) is 5.01. The van der Waals surface area contributed by atoms with Crippen LogP contribution in [0.15, 0.2) is 18.2 Å². The quantitative estimate of drug-likeness (QED) is 0.829. The first-order chi connectivity index (χ1) is 7.69. The predicted octanol–water partition coefficient (Wildman–Crippen LogP) is 2.37. The fraction of sp³-hybridized carbons (Fsp3) is 0.538. The van der Waals surface area contributed by atoms with Crippen LogP contribution in [0.5, 0.6) is 0 Å². The van der Waals surface area contributed by atoms with Gasteiger partial charge in [0.2, 0.25) is 0 Å². The fourth-order valence-electron chi connectivity index (χ4n) is 2.55. The lowest BCUT2D eigenvalue weighted by Crippen LogP contribution is -2.26. The Hall–Kier alpha value is -1.09. The lowest BCUT2D eigenvalue weighted by Gasteiger charge is -2.24.